The molecule has 0 aromatic heterocycles. The molecular weight excluding hydrogens is 228 g/mol. The quantitative estimate of drug-likeness (QED) is 0.771. The number of rotatable bonds is 4. The Balaban J connectivity index is 2.28. The first-order chi connectivity index (χ1) is 8.65. The van der Waals surface area contributed by atoms with Gasteiger partial charge in [-0.3, -0.25) is 9.59 Å². The van der Waals surface area contributed by atoms with Crippen molar-refractivity contribution in [3.05, 3.63) is 12.7 Å². The molecule has 100 valence electrons. The Labute approximate surface area is 108 Å². The molecule has 2 fully saturated rings. The molecule has 2 amide bonds. The second-order valence-corrected chi connectivity index (χ2v) is 5.29. The van der Waals surface area contributed by atoms with Gasteiger partial charge in [0.1, 0.15) is 11.6 Å². The number of amides is 2. The first-order valence-electron chi connectivity index (χ1n) is 6.89. The fourth-order valence-electron chi connectivity index (χ4n) is 3.21. The molecule has 0 aromatic rings. The van der Waals surface area contributed by atoms with Gasteiger partial charge >= 0.3 is 0 Å². The van der Waals surface area contributed by atoms with Crippen LogP contribution in [0.3, 0.4) is 0 Å². The van der Waals surface area contributed by atoms with Crippen molar-refractivity contribution in [2.24, 2.45) is 0 Å². The van der Waals surface area contributed by atoms with Crippen LogP contribution < -0.4 is 5.32 Å². The maximum Gasteiger partial charge on any atom is 0.246 e. The molecule has 1 unspecified atom stereocenters. The summed E-state index contributed by atoms with van der Waals surface area (Å²) in [5.74, 6) is 0.109. The highest BCUT2D eigenvalue weighted by Gasteiger charge is 2.52. The van der Waals surface area contributed by atoms with E-state index in [0.717, 1.165) is 32.1 Å². The number of nitrogens with one attached hydrogen (secondary N) is 1. The van der Waals surface area contributed by atoms with E-state index < -0.39 is 5.54 Å². The number of hydrogen-bond donors (Lipinski definition) is 1. The Kier molecular flexibility index (Phi) is 3.73. The van der Waals surface area contributed by atoms with Gasteiger partial charge in [0.2, 0.25) is 11.8 Å². The number of carbonyl (C=O) groups is 2. The molecule has 1 aliphatic carbocycles. The van der Waals surface area contributed by atoms with E-state index in [1.807, 2.05) is 6.92 Å². The zero-order valence-corrected chi connectivity index (χ0v) is 11.1. The predicted octanol–water partition coefficient (Wildman–Crippen LogP) is 1.61. The Morgan fingerprint density at radius 2 is 2.11 bits per heavy atom. The monoisotopic (exact) mass is 250 g/mol. The summed E-state index contributed by atoms with van der Waals surface area (Å²) in [7, 11) is 0. The summed E-state index contributed by atoms with van der Waals surface area (Å²) in [6, 6.07) is -0.339. The van der Waals surface area contributed by atoms with Crippen LogP contribution in [0.15, 0.2) is 12.7 Å². The summed E-state index contributed by atoms with van der Waals surface area (Å²) in [4.78, 5) is 26.6. The van der Waals surface area contributed by atoms with Gasteiger partial charge < -0.3 is 10.2 Å². The van der Waals surface area contributed by atoms with Crippen molar-refractivity contribution in [3.8, 4) is 0 Å². The normalized spacial score (nSPS) is 26.5. The highest BCUT2D eigenvalue weighted by atomic mass is 16.2. The van der Waals surface area contributed by atoms with Gasteiger partial charge in [0, 0.05) is 6.54 Å². The maximum absolute atomic E-state index is 12.5. The zero-order chi connectivity index (χ0) is 13.2. The van der Waals surface area contributed by atoms with E-state index in [1.54, 1.807) is 11.0 Å². The molecular formula is C14H22N2O2. The average Bonchev–Trinajstić information content (AvgIpc) is 2.83. The molecule has 2 aliphatic rings. The van der Waals surface area contributed by atoms with Crippen molar-refractivity contribution in [1.29, 1.82) is 0 Å². The van der Waals surface area contributed by atoms with Gasteiger partial charge in [0.05, 0.1) is 0 Å². The van der Waals surface area contributed by atoms with Crippen molar-refractivity contribution in [2.75, 3.05) is 6.54 Å². The van der Waals surface area contributed by atoms with E-state index in [4.69, 9.17) is 0 Å². The molecule has 1 aliphatic heterocycles. The molecule has 18 heavy (non-hydrogen) atoms. The third-order valence-electron chi connectivity index (χ3n) is 4.13. The van der Waals surface area contributed by atoms with E-state index in [-0.39, 0.29) is 17.9 Å². The minimum atomic E-state index is -0.588. The molecule has 0 radical (unpaired) electrons. The van der Waals surface area contributed by atoms with Gasteiger partial charge in [-0.15, -0.1) is 6.58 Å². The summed E-state index contributed by atoms with van der Waals surface area (Å²) >= 11 is 0. The first kappa shape index (κ1) is 13.1. The van der Waals surface area contributed by atoms with Crippen LogP contribution in [0.4, 0.5) is 0 Å². The van der Waals surface area contributed by atoms with Gasteiger partial charge in [-0.25, -0.2) is 0 Å². The molecule has 4 heteroatoms. The molecule has 0 bridgehead atoms. The summed E-state index contributed by atoms with van der Waals surface area (Å²) < 4.78 is 0. The van der Waals surface area contributed by atoms with E-state index in [2.05, 4.69) is 11.9 Å². The van der Waals surface area contributed by atoms with Gasteiger partial charge in [-0.2, -0.15) is 0 Å². The van der Waals surface area contributed by atoms with Crippen LogP contribution in [0.1, 0.15) is 45.4 Å². The van der Waals surface area contributed by atoms with Gasteiger partial charge in [0.25, 0.3) is 0 Å². The zero-order valence-electron chi connectivity index (χ0n) is 11.1. The summed E-state index contributed by atoms with van der Waals surface area (Å²) in [5, 5.41) is 2.92. The minimum Gasteiger partial charge on any atom is -0.342 e. The second kappa shape index (κ2) is 5.12. The van der Waals surface area contributed by atoms with Crippen LogP contribution >= 0.6 is 0 Å². The van der Waals surface area contributed by atoms with Gasteiger partial charge in [-0.05, 0) is 19.3 Å². The smallest absolute Gasteiger partial charge is 0.246 e. The first-order valence-corrected chi connectivity index (χ1v) is 6.89. The number of carbonyl (C=O) groups excluding carboxylic acids is 2. The van der Waals surface area contributed by atoms with Crippen LogP contribution in [-0.2, 0) is 9.59 Å². The van der Waals surface area contributed by atoms with Crippen LogP contribution in [0.2, 0.25) is 0 Å². The number of nitrogens with zero attached hydrogens (tertiary/aromatic N) is 1. The van der Waals surface area contributed by atoms with E-state index in [1.165, 1.54) is 0 Å². The van der Waals surface area contributed by atoms with E-state index in [0.29, 0.717) is 13.0 Å². The number of hydrogen-bond acceptors (Lipinski definition) is 2. The Hall–Kier alpha value is -1.32. The molecule has 0 aromatic carbocycles. The lowest BCUT2D eigenvalue weighted by Crippen LogP contribution is -2.69. The number of piperazine rings is 1. The summed E-state index contributed by atoms with van der Waals surface area (Å²) in [6.07, 6.45) is 6.95. The highest BCUT2D eigenvalue weighted by molar-refractivity contribution is 6.00. The topological polar surface area (TPSA) is 49.4 Å². The second-order valence-electron chi connectivity index (χ2n) is 5.29. The Bertz CT molecular complexity index is 359. The maximum atomic E-state index is 12.5. The van der Waals surface area contributed by atoms with Gasteiger partial charge in [0.15, 0.2) is 0 Å². The minimum absolute atomic E-state index is 0.0416. The van der Waals surface area contributed by atoms with Crippen molar-refractivity contribution in [1.82, 2.24) is 10.2 Å². The molecule has 1 heterocycles. The van der Waals surface area contributed by atoms with Crippen molar-refractivity contribution in [2.45, 2.75) is 57.0 Å². The summed E-state index contributed by atoms with van der Waals surface area (Å²) in [5.41, 5.74) is -0.588. The SMILES string of the molecule is C=CCN1C(=O)C(CCC)NC(=O)C12CCCC2. The third-order valence-corrected chi connectivity index (χ3v) is 4.13. The Morgan fingerprint density at radius 3 is 2.67 bits per heavy atom. The lowest BCUT2D eigenvalue weighted by Gasteiger charge is -2.46. The average molecular weight is 250 g/mol. The van der Waals surface area contributed by atoms with E-state index in [9.17, 15) is 9.59 Å². The molecule has 2 rings (SSSR count). The van der Waals surface area contributed by atoms with Crippen molar-refractivity contribution < 1.29 is 9.59 Å². The van der Waals surface area contributed by atoms with Crippen LogP contribution in [0.5, 0.6) is 0 Å². The van der Waals surface area contributed by atoms with Gasteiger partial charge in [-0.1, -0.05) is 32.3 Å². The molecule has 1 saturated heterocycles. The van der Waals surface area contributed by atoms with Crippen LogP contribution in [0, 0.1) is 0 Å². The lowest BCUT2D eigenvalue weighted by atomic mass is 9.88. The third kappa shape index (κ3) is 1.93. The molecule has 1 atom stereocenters. The molecule has 4 nitrogen and oxygen atoms in total. The largest absolute Gasteiger partial charge is 0.342 e. The lowest BCUT2D eigenvalue weighted by molar-refractivity contribution is -0.156. The molecule has 1 N–H and O–H groups in total. The van der Waals surface area contributed by atoms with Crippen molar-refractivity contribution in [3.63, 3.8) is 0 Å². The fourth-order valence-corrected chi connectivity index (χ4v) is 3.21. The van der Waals surface area contributed by atoms with Crippen molar-refractivity contribution >= 4 is 11.8 Å². The molecule has 1 saturated carbocycles. The van der Waals surface area contributed by atoms with E-state index >= 15 is 0 Å². The van der Waals surface area contributed by atoms with Crippen LogP contribution in [-0.4, -0.2) is 34.8 Å². The fraction of sp³-hybridized carbons (Fsp3) is 0.714. The summed E-state index contributed by atoms with van der Waals surface area (Å²) in [6.45, 7) is 6.22. The molecule has 1 spiro atoms. The predicted molar refractivity (Wildman–Crippen MR) is 69.9 cm³/mol. The Morgan fingerprint density at radius 1 is 1.44 bits per heavy atom. The standard InChI is InChI=1S/C14H22N2O2/c1-3-7-11-12(17)16(10-4-2)14(13(18)15-11)8-5-6-9-14/h4,11H,2-3,5-10H2,1H3,(H,15,18). The van der Waals surface area contributed by atoms with Crippen LogP contribution in [0.25, 0.3) is 0 Å². The highest BCUT2D eigenvalue weighted by Crippen LogP contribution is 2.38.